The quantitative estimate of drug-likeness (QED) is 0.502. The Balaban J connectivity index is 1.93. The molecule has 1 aliphatic rings. The van der Waals surface area contributed by atoms with Gasteiger partial charge in [0.1, 0.15) is 5.02 Å². The molecule has 1 aliphatic carbocycles. The summed E-state index contributed by atoms with van der Waals surface area (Å²) in [6.07, 6.45) is 7.20. The number of hydrogen-bond donors (Lipinski definition) is 1. The molecular weight excluding hydrogens is 318 g/mol. The van der Waals surface area contributed by atoms with Gasteiger partial charge in [0.2, 0.25) is 5.91 Å². The van der Waals surface area contributed by atoms with Crippen molar-refractivity contribution in [2.75, 3.05) is 18.9 Å². The fourth-order valence-electron chi connectivity index (χ4n) is 2.99. The lowest BCUT2D eigenvalue weighted by atomic mass is 10.1. The number of anilines is 1. The Morgan fingerprint density at radius 1 is 1.35 bits per heavy atom. The number of nitro groups is 1. The van der Waals surface area contributed by atoms with Crippen LogP contribution >= 0.6 is 11.6 Å². The highest BCUT2D eigenvalue weighted by molar-refractivity contribution is 6.32. The van der Waals surface area contributed by atoms with Gasteiger partial charge in [0.05, 0.1) is 11.5 Å². The van der Waals surface area contributed by atoms with E-state index in [1.807, 2.05) is 7.05 Å². The minimum atomic E-state index is -0.560. The van der Waals surface area contributed by atoms with Crippen LogP contribution in [0.1, 0.15) is 38.5 Å². The lowest BCUT2D eigenvalue weighted by molar-refractivity contribution is -0.384. The number of carbonyl (C=O) groups is 1. The second-order valence-corrected chi connectivity index (χ2v) is 6.44. The van der Waals surface area contributed by atoms with Gasteiger partial charge in [0.15, 0.2) is 0 Å². The number of likely N-dealkylation sites (N-methyl/N-ethyl adjacent to an activating group) is 1. The molecule has 0 aliphatic heterocycles. The van der Waals surface area contributed by atoms with Crippen molar-refractivity contribution in [2.45, 2.75) is 44.6 Å². The topological polar surface area (TPSA) is 75.5 Å². The molecule has 1 saturated carbocycles. The van der Waals surface area contributed by atoms with Crippen molar-refractivity contribution in [1.82, 2.24) is 4.90 Å². The van der Waals surface area contributed by atoms with E-state index in [4.69, 9.17) is 11.6 Å². The number of amides is 1. The molecule has 2 rings (SSSR count). The molecular formula is C16H22ClN3O3. The lowest BCUT2D eigenvalue weighted by Crippen LogP contribution is -2.37. The third-order valence-electron chi connectivity index (χ3n) is 4.27. The average Bonchev–Trinajstić information content (AvgIpc) is 2.78. The Morgan fingerprint density at radius 2 is 2.00 bits per heavy atom. The summed E-state index contributed by atoms with van der Waals surface area (Å²) in [6, 6.07) is 4.71. The first-order valence-corrected chi connectivity index (χ1v) is 8.29. The van der Waals surface area contributed by atoms with Gasteiger partial charge in [-0.2, -0.15) is 0 Å². The Labute approximate surface area is 141 Å². The van der Waals surface area contributed by atoms with Gasteiger partial charge in [0.25, 0.3) is 5.69 Å². The molecule has 1 aromatic rings. The standard InChI is InChI=1S/C16H22ClN3O3/c1-19(13-6-4-2-3-5-7-13)11-16(21)18-12-8-9-14(17)15(10-12)20(22)23/h8-10,13H,2-7,11H2,1H3,(H,18,21). The third kappa shape index (κ3) is 5.18. The molecule has 0 atom stereocenters. The summed E-state index contributed by atoms with van der Waals surface area (Å²) in [6.45, 7) is 0.279. The molecule has 0 aromatic heterocycles. The van der Waals surface area contributed by atoms with E-state index < -0.39 is 4.92 Å². The molecule has 0 saturated heterocycles. The van der Waals surface area contributed by atoms with E-state index in [1.54, 1.807) is 6.07 Å². The zero-order valence-electron chi connectivity index (χ0n) is 13.3. The van der Waals surface area contributed by atoms with Gasteiger partial charge in [-0.05, 0) is 32.0 Å². The first-order valence-electron chi connectivity index (χ1n) is 7.91. The van der Waals surface area contributed by atoms with Crippen LogP contribution in [0.4, 0.5) is 11.4 Å². The summed E-state index contributed by atoms with van der Waals surface area (Å²) in [5.41, 5.74) is 0.182. The van der Waals surface area contributed by atoms with Crippen LogP contribution in [0.5, 0.6) is 0 Å². The predicted molar refractivity (Wildman–Crippen MR) is 90.9 cm³/mol. The Hall–Kier alpha value is -1.66. The monoisotopic (exact) mass is 339 g/mol. The average molecular weight is 340 g/mol. The smallest absolute Gasteiger partial charge is 0.289 e. The van der Waals surface area contributed by atoms with Gasteiger partial charge < -0.3 is 5.32 Å². The number of halogens is 1. The van der Waals surface area contributed by atoms with Crippen molar-refractivity contribution in [1.29, 1.82) is 0 Å². The van der Waals surface area contributed by atoms with Crippen molar-refractivity contribution in [2.24, 2.45) is 0 Å². The number of nitrogens with one attached hydrogen (secondary N) is 1. The first kappa shape index (κ1) is 17.7. The largest absolute Gasteiger partial charge is 0.325 e. The van der Waals surface area contributed by atoms with Crippen molar-refractivity contribution in [3.63, 3.8) is 0 Å². The molecule has 0 radical (unpaired) electrons. The Bertz CT molecular complexity index is 572. The number of benzene rings is 1. The van der Waals surface area contributed by atoms with E-state index in [9.17, 15) is 14.9 Å². The molecule has 0 bridgehead atoms. The number of carbonyl (C=O) groups excluding carboxylic acids is 1. The molecule has 1 aromatic carbocycles. The normalized spacial score (nSPS) is 16.1. The summed E-state index contributed by atoms with van der Waals surface area (Å²) in [5, 5.41) is 13.6. The molecule has 126 valence electrons. The number of rotatable bonds is 5. The minimum absolute atomic E-state index is 0.0589. The molecule has 6 nitrogen and oxygen atoms in total. The number of nitrogens with zero attached hydrogens (tertiary/aromatic N) is 2. The van der Waals surface area contributed by atoms with Crippen molar-refractivity contribution in [3.05, 3.63) is 33.3 Å². The van der Waals surface area contributed by atoms with Gasteiger partial charge in [-0.25, -0.2) is 0 Å². The van der Waals surface area contributed by atoms with Gasteiger partial charge in [0, 0.05) is 17.8 Å². The second kappa shape index (κ2) is 8.26. The van der Waals surface area contributed by atoms with E-state index in [1.165, 1.54) is 37.8 Å². The fourth-order valence-corrected chi connectivity index (χ4v) is 3.17. The first-order chi connectivity index (χ1) is 11.0. The molecule has 0 unspecified atom stereocenters. The summed E-state index contributed by atoms with van der Waals surface area (Å²) in [7, 11) is 1.96. The van der Waals surface area contributed by atoms with Crippen LogP contribution in [0.3, 0.4) is 0 Å². The Kier molecular flexibility index (Phi) is 6.36. The van der Waals surface area contributed by atoms with Crippen molar-refractivity contribution < 1.29 is 9.72 Å². The minimum Gasteiger partial charge on any atom is -0.325 e. The van der Waals surface area contributed by atoms with Crippen molar-refractivity contribution in [3.8, 4) is 0 Å². The van der Waals surface area contributed by atoms with Crippen LogP contribution in [-0.2, 0) is 4.79 Å². The second-order valence-electron chi connectivity index (χ2n) is 6.03. The molecule has 1 N–H and O–H groups in total. The lowest BCUT2D eigenvalue weighted by Gasteiger charge is -2.26. The van der Waals surface area contributed by atoms with E-state index in [0.29, 0.717) is 11.7 Å². The fraction of sp³-hybridized carbons (Fsp3) is 0.562. The van der Waals surface area contributed by atoms with Gasteiger partial charge in [-0.1, -0.05) is 37.3 Å². The molecule has 1 fully saturated rings. The van der Waals surface area contributed by atoms with Crippen LogP contribution in [0, 0.1) is 10.1 Å². The third-order valence-corrected chi connectivity index (χ3v) is 4.59. The molecule has 7 heteroatoms. The maximum absolute atomic E-state index is 12.2. The highest BCUT2D eigenvalue weighted by Gasteiger charge is 2.19. The zero-order chi connectivity index (χ0) is 16.8. The zero-order valence-corrected chi connectivity index (χ0v) is 14.0. The van der Waals surface area contributed by atoms with Crippen LogP contribution in [0.25, 0.3) is 0 Å². The molecule has 23 heavy (non-hydrogen) atoms. The van der Waals surface area contributed by atoms with E-state index in [2.05, 4.69) is 10.2 Å². The van der Waals surface area contributed by atoms with Crippen LogP contribution < -0.4 is 5.32 Å². The Morgan fingerprint density at radius 3 is 2.61 bits per heavy atom. The predicted octanol–water partition coefficient (Wildman–Crippen LogP) is 3.84. The molecule has 0 spiro atoms. The highest BCUT2D eigenvalue weighted by Crippen LogP contribution is 2.27. The number of nitro benzene ring substituents is 1. The number of hydrogen-bond acceptors (Lipinski definition) is 4. The van der Waals surface area contributed by atoms with Crippen LogP contribution in [-0.4, -0.2) is 35.4 Å². The van der Waals surface area contributed by atoms with Crippen LogP contribution in [0.2, 0.25) is 5.02 Å². The summed E-state index contributed by atoms with van der Waals surface area (Å²) in [5.74, 6) is -0.173. The van der Waals surface area contributed by atoms with E-state index in [0.717, 1.165) is 12.8 Å². The van der Waals surface area contributed by atoms with E-state index in [-0.39, 0.29) is 23.2 Å². The SMILES string of the molecule is CN(CC(=O)Nc1ccc(Cl)c([N+](=O)[O-])c1)C1CCCCCC1. The summed E-state index contributed by atoms with van der Waals surface area (Å²) < 4.78 is 0. The summed E-state index contributed by atoms with van der Waals surface area (Å²) >= 11 is 5.77. The van der Waals surface area contributed by atoms with Crippen LogP contribution in [0.15, 0.2) is 18.2 Å². The maximum atomic E-state index is 12.2. The maximum Gasteiger partial charge on any atom is 0.289 e. The van der Waals surface area contributed by atoms with E-state index >= 15 is 0 Å². The highest BCUT2D eigenvalue weighted by atomic mass is 35.5. The van der Waals surface area contributed by atoms with Gasteiger partial charge >= 0.3 is 0 Å². The van der Waals surface area contributed by atoms with Gasteiger partial charge in [-0.15, -0.1) is 0 Å². The summed E-state index contributed by atoms with van der Waals surface area (Å²) in [4.78, 5) is 24.6. The molecule has 0 heterocycles. The molecule has 1 amide bonds. The van der Waals surface area contributed by atoms with Crippen molar-refractivity contribution >= 4 is 28.9 Å². The van der Waals surface area contributed by atoms with Gasteiger partial charge in [-0.3, -0.25) is 19.8 Å².